The Kier molecular flexibility index (Phi) is 11.0. The molecule has 9 nitrogen and oxygen atoms in total. The number of hydrogen-bond acceptors (Lipinski definition) is 7. The lowest BCUT2D eigenvalue weighted by molar-refractivity contribution is -0.614. The lowest BCUT2D eigenvalue weighted by Crippen LogP contribution is -2.47. The Hall–Kier alpha value is -2.82. The van der Waals surface area contributed by atoms with Gasteiger partial charge in [-0.05, 0) is 74.4 Å². The van der Waals surface area contributed by atoms with Gasteiger partial charge in [-0.2, -0.15) is 4.73 Å². The van der Waals surface area contributed by atoms with Crippen LogP contribution in [-0.2, 0) is 22.5 Å². The molecule has 0 unspecified atom stereocenters. The Balaban J connectivity index is 1.13. The maximum atomic E-state index is 14.3. The summed E-state index contributed by atoms with van der Waals surface area (Å²) in [5.41, 5.74) is 3.49. The van der Waals surface area contributed by atoms with E-state index < -0.39 is 0 Å². The number of carbonyl (C=O) groups is 1. The molecule has 12 heteroatoms. The number of pyridine rings is 2. The number of hydrogen-bond donors (Lipinski definition) is 1. The molecule has 2 aromatic heterocycles. The summed E-state index contributed by atoms with van der Waals surface area (Å²) >= 11 is 19.4. The molecular formula is C35H42Cl3N5O4. The van der Waals surface area contributed by atoms with E-state index >= 15 is 0 Å². The molecule has 1 aliphatic carbocycles. The van der Waals surface area contributed by atoms with Gasteiger partial charge in [0.1, 0.15) is 16.9 Å². The monoisotopic (exact) mass is 701 g/mol. The second-order valence-corrected chi connectivity index (χ2v) is 14.2. The van der Waals surface area contributed by atoms with Gasteiger partial charge in [-0.1, -0.05) is 40.9 Å². The van der Waals surface area contributed by atoms with Crippen LogP contribution in [0.25, 0.3) is 0 Å². The zero-order valence-electron chi connectivity index (χ0n) is 26.9. The highest BCUT2D eigenvalue weighted by Crippen LogP contribution is 2.38. The number of aryl methyl sites for hydroxylation is 2. The van der Waals surface area contributed by atoms with Crippen LogP contribution < -0.4 is 19.7 Å². The van der Waals surface area contributed by atoms with Crippen molar-refractivity contribution < 1.29 is 19.0 Å². The lowest BCUT2D eigenvalue weighted by atomic mass is 9.80. The summed E-state index contributed by atoms with van der Waals surface area (Å²) in [7, 11) is 1.65. The Morgan fingerprint density at radius 2 is 1.91 bits per heavy atom. The summed E-state index contributed by atoms with van der Waals surface area (Å²) in [5, 5.41) is 17.4. The van der Waals surface area contributed by atoms with Crippen molar-refractivity contribution in [3.05, 3.63) is 85.4 Å². The van der Waals surface area contributed by atoms with Crippen LogP contribution in [0.15, 0.2) is 42.7 Å². The third-order valence-electron chi connectivity index (χ3n) is 9.45. The van der Waals surface area contributed by atoms with Crippen LogP contribution in [0.2, 0.25) is 15.1 Å². The molecule has 1 amide bonds. The first kappa shape index (κ1) is 34.1. The van der Waals surface area contributed by atoms with Gasteiger partial charge >= 0.3 is 0 Å². The Labute approximate surface area is 291 Å². The summed E-state index contributed by atoms with van der Waals surface area (Å²) in [5.74, 6) is 1.36. The summed E-state index contributed by atoms with van der Waals surface area (Å²) in [6.45, 7) is 5.85. The summed E-state index contributed by atoms with van der Waals surface area (Å²) in [6, 6.07) is 9.94. The van der Waals surface area contributed by atoms with Crippen molar-refractivity contribution in [3.8, 4) is 5.75 Å². The summed E-state index contributed by atoms with van der Waals surface area (Å²) in [6.07, 6.45) is 8.24. The number of nitrogens with zero attached hydrogens (tertiary/aromatic N) is 4. The SMILES string of the molecule is COCCCc1cc(CN(C(=O)[C@H]2CNCC[C@@H]2c2ccc(N3CC[C@@H](Oc4c(Cl)cc(C)cc4Cl)C3)nc2)C2CC2)c(Cl)c[n+]1[O-]. The highest BCUT2D eigenvalue weighted by Gasteiger charge is 2.41. The van der Waals surface area contributed by atoms with Crippen molar-refractivity contribution in [3.63, 3.8) is 0 Å². The smallest absolute Gasteiger partial charge is 0.228 e. The van der Waals surface area contributed by atoms with E-state index in [1.54, 1.807) is 7.11 Å². The van der Waals surface area contributed by atoms with Crippen molar-refractivity contribution >= 4 is 46.5 Å². The van der Waals surface area contributed by atoms with Crippen molar-refractivity contribution in [2.75, 3.05) is 44.8 Å². The number of ether oxygens (including phenoxy) is 2. The molecule has 2 saturated heterocycles. The fourth-order valence-electron chi connectivity index (χ4n) is 6.79. The molecule has 3 aromatic rings. The van der Waals surface area contributed by atoms with Gasteiger partial charge in [0.25, 0.3) is 0 Å². The zero-order valence-corrected chi connectivity index (χ0v) is 29.2. The number of amides is 1. The van der Waals surface area contributed by atoms with Crippen molar-refractivity contribution in [2.45, 2.75) is 70.1 Å². The third-order valence-corrected chi connectivity index (χ3v) is 10.4. The van der Waals surface area contributed by atoms with Gasteiger partial charge in [-0.3, -0.25) is 4.79 Å². The molecule has 4 heterocycles. The Bertz CT molecular complexity index is 1550. The normalized spacial score (nSPS) is 21.2. The van der Waals surface area contributed by atoms with E-state index in [1.165, 1.54) is 6.20 Å². The maximum Gasteiger partial charge on any atom is 0.228 e. The minimum absolute atomic E-state index is 0.0479. The lowest BCUT2D eigenvalue weighted by Gasteiger charge is -2.36. The number of anilines is 1. The first-order valence-corrected chi connectivity index (χ1v) is 17.6. The van der Waals surface area contributed by atoms with E-state index in [0.717, 1.165) is 72.4 Å². The van der Waals surface area contributed by atoms with Gasteiger partial charge in [-0.25, -0.2) is 4.98 Å². The molecule has 0 spiro atoms. The molecule has 1 N–H and O–H groups in total. The largest absolute Gasteiger partial charge is 0.618 e. The molecule has 252 valence electrons. The Morgan fingerprint density at radius 1 is 1.13 bits per heavy atom. The minimum atomic E-state index is -0.223. The van der Waals surface area contributed by atoms with Gasteiger partial charge in [0.05, 0.1) is 22.5 Å². The van der Waals surface area contributed by atoms with Crippen LogP contribution >= 0.6 is 34.8 Å². The van der Waals surface area contributed by atoms with Crippen LogP contribution in [0.4, 0.5) is 5.82 Å². The first-order chi connectivity index (χ1) is 22.7. The van der Waals surface area contributed by atoms with Gasteiger partial charge in [-0.15, -0.1) is 0 Å². The van der Waals surface area contributed by atoms with Crippen LogP contribution in [0, 0.1) is 18.0 Å². The number of aromatic nitrogens is 2. The van der Waals surface area contributed by atoms with Crippen molar-refractivity contribution in [2.24, 2.45) is 5.92 Å². The van der Waals surface area contributed by atoms with E-state index in [2.05, 4.69) is 22.3 Å². The average Bonchev–Trinajstić information content (AvgIpc) is 3.79. The number of carbonyl (C=O) groups excluding carboxylic acids is 1. The molecule has 6 rings (SSSR count). The first-order valence-electron chi connectivity index (χ1n) is 16.5. The van der Waals surface area contributed by atoms with Gasteiger partial charge in [0, 0.05) is 70.1 Å². The predicted molar refractivity (Wildman–Crippen MR) is 185 cm³/mol. The fourth-order valence-corrected chi connectivity index (χ4v) is 7.68. The predicted octanol–water partition coefficient (Wildman–Crippen LogP) is 6.10. The van der Waals surface area contributed by atoms with Gasteiger partial charge < -0.3 is 29.8 Å². The van der Waals surface area contributed by atoms with E-state index in [0.29, 0.717) is 59.2 Å². The maximum absolute atomic E-state index is 14.3. The second-order valence-electron chi connectivity index (χ2n) is 12.9. The minimum Gasteiger partial charge on any atom is -0.618 e. The molecule has 1 saturated carbocycles. The molecule has 3 atom stereocenters. The van der Waals surface area contributed by atoms with E-state index in [4.69, 9.17) is 49.3 Å². The van der Waals surface area contributed by atoms with E-state index in [9.17, 15) is 10.0 Å². The molecule has 3 fully saturated rings. The van der Waals surface area contributed by atoms with Crippen LogP contribution in [0.1, 0.15) is 60.4 Å². The standard InChI is InChI=1S/C35H42Cl3N5O4/c1-22-14-30(36)34(31(37)15-22)47-27-10-12-41(20-27)33-8-5-23(17-40-33)28-9-11-39-18-29(28)35(44)42(25-6-7-25)19-24-16-26(4-3-13-46-2)43(45)21-32(24)38/h5,8,14-17,21,25,27-29,39H,3-4,6-7,9-13,18-20H2,1-2H3/t27-,28-,29+/m1/s1. The summed E-state index contributed by atoms with van der Waals surface area (Å²) < 4.78 is 12.2. The highest BCUT2D eigenvalue weighted by molar-refractivity contribution is 6.37. The number of rotatable bonds is 12. The number of nitrogens with one attached hydrogen (secondary N) is 1. The van der Waals surface area contributed by atoms with Crippen LogP contribution in [0.3, 0.4) is 0 Å². The van der Waals surface area contributed by atoms with Crippen molar-refractivity contribution in [1.82, 2.24) is 15.2 Å². The molecule has 0 bridgehead atoms. The number of benzene rings is 1. The molecule has 0 radical (unpaired) electrons. The van der Waals surface area contributed by atoms with E-state index in [-0.39, 0.29) is 29.9 Å². The van der Waals surface area contributed by atoms with Gasteiger partial charge in [0.2, 0.25) is 5.91 Å². The number of halogens is 3. The molecular weight excluding hydrogens is 661 g/mol. The topological polar surface area (TPSA) is 93.9 Å². The quantitative estimate of drug-likeness (QED) is 0.138. The fraction of sp³-hybridized carbons (Fsp3) is 0.514. The van der Waals surface area contributed by atoms with Gasteiger partial charge in [0.15, 0.2) is 17.6 Å². The zero-order chi connectivity index (χ0) is 33.1. The second kappa shape index (κ2) is 15.2. The van der Waals surface area contributed by atoms with Crippen molar-refractivity contribution in [1.29, 1.82) is 0 Å². The van der Waals surface area contributed by atoms with E-state index in [1.807, 2.05) is 36.2 Å². The molecule has 3 aliphatic rings. The molecule has 2 aliphatic heterocycles. The van der Waals surface area contributed by atoms with Crippen LogP contribution in [0.5, 0.6) is 5.75 Å². The molecule has 1 aromatic carbocycles. The molecule has 47 heavy (non-hydrogen) atoms. The number of methoxy groups -OCH3 is 1. The highest BCUT2D eigenvalue weighted by atomic mass is 35.5. The summed E-state index contributed by atoms with van der Waals surface area (Å²) in [4.78, 5) is 23.3. The van der Waals surface area contributed by atoms with Crippen LogP contribution in [-0.4, -0.2) is 67.8 Å². The number of piperidine rings is 1. The third kappa shape index (κ3) is 8.08. The average molecular weight is 703 g/mol. The Morgan fingerprint density at radius 3 is 2.62 bits per heavy atom.